The van der Waals surface area contributed by atoms with Crippen LogP contribution < -0.4 is 5.32 Å². The van der Waals surface area contributed by atoms with Gasteiger partial charge in [0.05, 0.1) is 12.5 Å². The summed E-state index contributed by atoms with van der Waals surface area (Å²) in [5.74, 6) is -0.377. The van der Waals surface area contributed by atoms with E-state index in [1.807, 2.05) is 13.8 Å². The molecule has 1 rings (SSSR count). The van der Waals surface area contributed by atoms with Crippen molar-refractivity contribution in [3.63, 3.8) is 0 Å². The predicted molar refractivity (Wildman–Crippen MR) is 65.7 cm³/mol. The van der Waals surface area contributed by atoms with Crippen molar-refractivity contribution in [3.05, 3.63) is 29.6 Å². The molecule has 0 aliphatic rings. The standard InChI is InChI=1S/C13H17F4NO/c1-8(2)11-5-9(3-4-12(11)14)18-7-10(19)6-13(15,16)17/h3-5,8,10,18-19H,6-7H2,1-2H3. The van der Waals surface area contributed by atoms with E-state index < -0.39 is 18.7 Å². The van der Waals surface area contributed by atoms with Crippen LogP contribution in [0.1, 0.15) is 31.7 Å². The number of aliphatic hydroxyl groups is 1. The summed E-state index contributed by atoms with van der Waals surface area (Å²) in [6.07, 6.45) is -7.18. The van der Waals surface area contributed by atoms with Gasteiger partial charge in [-0.3, -0.25) is 0 Å². The first kappa shape index (κ1) is 15.8. The minimum atomic E-state index is -4.40. The second-order valence-corrected chi connectivity index (χ2v) is 4.75. The molecule has 0 aliphatic carbocycles. The van der Waals surface area contributed by atoms with E-state index in [1.165, 1.54) is 12.1 Å². The Morgan fingerprint density at radius 3 is 2.42 bits per heavy atom. The van der Waals surface area contributed by atoms with Crippen LogP contribution in [-0.4, -0.2) is 23.9 Å². The third kappa shape index (κ3) is 5.46. The van der Waals surface area contributed by atoms with Gasteiger partial charge in [-0.25, -0.2) is 4.39 Å². The van der Waals surface area contributed by atoms with E-state index in [0.29, 0.717) is 11.3 Å². The molecule has 0 fully saturated rings. The fraction of sp³-hybridized carbons (Fsp3) is 0.538. The van der Waals surface area contributed by atoms with Crippen molar-refractivity contribution in [2.24, 2.45) is 0 Å². The monoisotopic (exact) mass is 279 g/mol. The number of rotatable bonds is 5. The normalized spacial score (nSPS) is 13.7. The van der Waals surface area contributed by atoms with Crippen molar-refractivity contribution < 1.29 is 22.7 Å². The van der Waals surface area contributed by atoms with Crippen molar-refractivity contribution in [1.29, 1.82) is 0 Å². The van der Waals surface area contributed by atoms with Crippen molar-refractivity contribution in [3.8, 4) is 0 Å². The second-order valence-electron chi connectivity index (χ2n) is 4.75. The first-order valence-electron chi connectivity index (χ1n) is 5.97. The number of halogens is 4. The molecule has 2 N–H and O–H groups in total. The van der Waals surface area contributed by atoms with E-state index in [2.05, 4.69) is 5.32 Å². The van der Waals surface area contributed by atoms with E-state index in [0.717, 1.165) is 0 Å². The second kappa shape index (κ2) is 6.23. The highest BCUT2D eigenvalue weighted by molar-refractivity contribution is 5.47. The Labute approximate surface area is 109 Å². The fourth-order valence-corrected chi connectivity index (χ4v) is 1.67. The quantitative estimate of drug-likeness (QED) is 0.806. The Morgan fingerprint density at radius 1 is 1.26 bits per heavy atom. The number of aliphatic hydroxyl groups excluding tert-OH is 1. The van der Waals surface area contributed by atoms with Gasteiger partial charge in [0.15, 0.2) is 0 Å². The average molecular weight is 279 g/mol. The Kier molecular flexibility index (Phi) is 5.17. The predicted octanol–water partition coefficient (Wildman–Crippen LogP) is 3.67. The van der Waals surface area contributed by atoms with Crippen molar-refractivity contribution in [1.82, 2.24) is 0 Å². The maximum absolute atomic E-state index is 13.4. The molecule has 0 bridgehead atoms. The fourth-order valence-electron chi connectivity index (χ4n) is 1.67. The van der Waals surface area contributed by atoms with Crippen LogP contribution in [0, 0.1) is 5.82 Å². The molecule has 1 aromatic carbocycles. The van der Waals surface area contributed by atoms with Gasteiger partial charge in [0.1, 0.15) is 5.82 Å². The molecular formula is C13H17F4NO. The molecule has 0 spiro atoms. The van der Waals surface area contributed by atoms with E-state index in [1.54, 1.807) is 6.07 Å². The van der Waals surface area contributed by atoms with E-state index in [-0.39, 0.29) is 18.3 Å². The third-order valence-corrected chi connectivity index (χ3v) is 2.63. The lowest BCUT2D eigenvalue weighted by atomic mass is 10.0. The van der Waals surface area contributed by atoms with Crippen molar-refractivity contribution in [2.45, 2.75) is 38.5 Å². The molecule has 0 aromatic heterocycles. The smallest absolute Gasteiger partial charge is 0.391 e. The molecule has 1 aromatic rings. The number of benzene rings is 1. The molecule has 0 aliphatic heterocycles. The molecule has 0 heterocycles. The van der Waals surface area contributed by atoms with Gasteiger partial charge in [-0.15, -0.1) is 0 Å². The number of anilines is 1. The largest absolute Gasteiger partial charge is 0.391 e. The Morgan fingerprint density at radius 2 is 1.89 bits per heavy atom. The van der Waals surface area contributed by atoms with E-state index >= 15 is 0 Å². The lowest BCUT2D eigenvalue weighted by Crippen LogP contribution is -2.26. The zero-order valence-corrected chi connectivity index (χ0v) is 10.8. The van der Waals surface area contributed by atoms with Gasteiger partial charge < -0.3 is 10.4 Å². The third-order valence-electron chi connectivity index (χ3n) is 2.63. The van der Waals surface area contributed by atoms with Crippen LogP contribution in [0.5, 0.6) is 0 Å². The number of hydrogen-bond donors (Lipinski definition) is 2. The minimum absolute atomic E-state index is 0.0261. The molecule has 0 saturated carbocycles. The maximum atomic E-state index is 13.4. The summed E-state index contributed by atoms with van der Waals surface area (Å²) in [5.41, 5.74) is 0.974. The average Bonchev–Trinajstić information content (AvgIpc) is 2.25. The van der Waals surface area contributed by atoms with E-state index in [9.17, 15) is 22.7 Å². The molecule has 108 valence electrons. The van der Waals surface area contributed by atoms with Crippen LogP contribution in [0.15, 0.2) is 18.2 Å². The summed E-state index contributed by atoms with van der Waals surface area (Å²) in [6, 6.07) is 4.23. The molecule has 0 amide bonds. The van der Waals surface area contributed by atoms with Gasteiger partial charge in [0, 0.05) is 12.2 Å². The molecular weight excluding hydrogens is 262 g/mol. The van der Waals surface area contributed by atoms with Crippen LogP contribution in [0.2, 0.25) is 0 Å². The Balaban J connectivity index is 2.61. The molecule has 0 saturated heterocycles. The zero-order valence-electron chi connectivity index (χ0n) is 10.8. The first-order valence-corrected chi connectivity index (χ1v) is 5.97. The molecule has 2 nitrogen and oxygen atoms in total. The van der Waals surface area contributed by atoms with Crippen LogP contribution in [0.3, 0.4) is 0 Å². The molecule has 0 radical (unpaired) electrons. The summed E-state index contributed by atoms with van der Waals surface area (Å²) in [5, 5.41) is 11.9. The SMILES string of the molecule is CC(C)c1cc(NCC(O)CC(F)(F)F)ccc1F. The highest BCUT2D eigenvalue weighted by Gasteiger charge is 2.30. The highest BCUT2D eigenvalue weighted by Crippen LogP contribution is 2.24. The van der Waals surface area contributed by atoms with Gasteiger partial charge in [-0.05, 0) is 29.7 Å². The van der Waals surface area contributed by atoms with Gasteiger partial charge in [-0.2, -0.15) is 13.2 Å². The van der Waals surface area contributed by atoms with Crippen molar-refractivity contribution >= 4 is 5.69 Å². The lowest BCUT2D eigenvalue weighted by Gasteiger charge is -2.16. The van der Waals surface area contributed by atoms with Gasteiger partial charge in [0.2, 0.25) is 0 Å². The number of nitrogens with one attached hydrogen (secondary N) is 1. The first-order chi connectivity index (χ1) is 8.69. The summed E-state index contributed by atoms with van der Waals surface area (Å²) < 4.78 is 49.5. The van der Waals surface area contributed by atoms with Gasteiger partial charge in [-0.1, -0.05) is 13.8 Å². The summed E-state index contributed by atoms with van der Waals surface area (Å²) in [6.45, 7) is 3.41. The highest BCUT2D eigenvalue weighted by atomic mass is 19.4. The van der Waals surface area contributed by atoms with Gasteiger partial charge >= 0.3 is 6.18 Å². The van der Waals surface area contributed by atoms with Crippen molar-refractivity contribution in [2.75, 3.05) is 11.9 Å². The minimum Gasteiger partial charge on any atom is -0.391 e. The molecule has 1 unspecified atom stereocenters. The topological polar surface area (TPSA) is 32.3 Å². The molecule has 6 heteroatoms. The summed E-state index contributed by atoms with van der Waals surface area (Å²) in [7, 11) is 0. The lowest BCUT2D eigenvalue weighted by molar-refractivity contribution is -0.151. The van der Waals surface area contributed by atoms with Crippen LogP contribution in [-0.2, 0) is 0 Å². The maximum Gasteiger partial charge on any atom is 0.391 e. The van der Waals surface area contributed by atoms with Crippen LogP contribution in [0.4, 0.5) is 23.2 Å². The molecule has 1 atom stereocenters. The van der Waals surface area contributed by atoms with Crippen LogP contribution in [0.25, 0.3) is 0 Å². The number of hydrogen-bond acceptors (Lipinski definition) is 2. The van der Waals surface area contributed by atoms with E-state index in [4.69, 9.17) is 0 Å². The van der Waals surface area contributed by atoms with Crippen LogP contribution >= 0.6 is 0 Å². The number of alkyl halides is 3. The van der Waals surface area contributed by atoms with Gasteiger partial charge in [0.25, 0.3) is 0 Å². The summed E-state index contributed by atoms with van der Waals surface area (Å²) in [4.78, 5) is 0. The Hall–Kier alpha value is -1.30. The molecule has 19 heavy (non-hydrogen) atoms. The summed E-state index contributed by atoms with van der Waals surface area (Å²) >= 11 is 0. The Bertz CT molecular complexity index is 418. The zero-order chi connectivity index (χ0) is 14.6.